The molecule has 144 valence electrons. The first kappa shape index (κ1) is 21.4. The van der Waals surface area contributed by atoms with Gasteiger partial charge in [-0.05, 0) is 49.1 Å². The molecule has 0 aliphatic heterocycles. The van der Waals surface area contributed by atoms with E-state index in [1.165, 1.54) is 45.9 Å². The summed E-state index contributed by atoms with van der Waals surface area (Å²) >= 11 is 0. The van der Waals surface area contributed by atoms with Crippen molar-refractivity contribution < 1.29 is 0 Å². The predicted octanol–water partition coefficient (Wildman–Crippen LogP) is 8.09. The Morgan fingerprint density at radius 1 is 0.536 bits per heavy atom. The molecule has 0 bridgehead atoms. The standard InChI is InChI=1S/C11H10.C10H14.C7H8/c1-9-5-4-7-10-6-2-3-8-11(9)10;1-3-4-10-7-5-9(2)6-8-10;1-7-5-3-2-4-6-7/h2-8H,1H3;5-8H,3-4H2,1-2H3;2-6H,1H3. The molecule has 0 aromatic heterocycles. The van der Waals surface area contributed by atoms with Gasteiger partial charge in [0.2, 0.25) is 0 Å². The normalized spacial score (nSPS) is 9.71. The fourth-order valence-electron chi connectivity index (χ4n) is 2.97. The first-order valence-electron chi connectivity index (χ1n) is 10.1. The van der Waals surface area contributed by atoms with E-state index in [1.54, 1.807) is 0 Å². The molecule has 0 radical (unpaired) electrons. The maximum absolute atomic E-state index is 2.21. The van der Waals surface area contributed by atoms with E-state index in [0.717, 1.165) is 0 Å². The highest BCUT2D eigenvalue weighted by atomic mass is 14.0. The SMILES string of the molecule is CCCc1ccc(C)cc1.Cc1cccc2ccccc12.Cc1ccccc1. The van der Waals surface area contributed by atoms with Gasteiger partial charge in [0.05, 0.1) is 0 Å². The van der Waals surface area contributed by atoms with Crippen LogP contribution in [0.15, 0.2) is 97.1 Å². The summed E-state index contributed by atoms with van der Waals surface area (Å²) in [6.07, 6.45) is 2.45. The zero-order valence-electron chi connectivity index (χ0n) is 17.7. The van der Waals surface area contributed by atoms with Gasteiger partial charge in [0.15, 0.2) is 0 Å². The van der Waals surface area contributed by atoms with Gasteiger partial charge in [0.25, 0.3) is 0 Å². The summed E-state index contributed by atoms with van der Waals surface area (Å²) in [6.45, 7) is 8.55. The Balaban J connectivity index is 0.000000154. The molecule has 0 heteroatoms. The van der Waals surface area contributed by atoms with E-state index in [2.05, 4.69) is 107 Å². The molecule has 0 atom stereocenters. The monoisotopic (exact) mass is 368 g/mol. The lowest BCUT2D eigenvalue weighted by Gasteiger charge is -1.98. The zero-order valence-corrected chi connectivity index (χ0v) is 17.7. The lowest BCUT2D eigenvalue weighted by molar-refractivity contribution is 0.921. The third kappa shape index (κ3) is 7.40. The molecule has 28 heavy (non-hydrogen) atoms. The van der Waals surface area contributed by atoms with E-state index in [9.17, 15) is 0 Å². The van der Waals surface area contributed by atoms with E-state index in [0.29, 0.717) is 0 Å². The first-order valence-corrected chi connectivity index (χ1v) is 10.1. The van der Waals surface area contributed by atoms with Crippen molar-refractivity contribution in [3.63, 3.8) is 0 Å². The molecule has 0 saturated carbocycles. The largest absolute Gasteiger partial charge is 0.0651 e. The summed E-state index contributed by atoms with van der Waals surface area (Å²) in [5.74, 6) is 0. The lowest BCUT2D eigenvalue weighted by atomic mass is 10.1. The highest BCUT2D eigenvalue weighted by molar-refractivity contribution is 5.85. The molecule has 0 heterocycles. The Bertz CT molecular complexity index is 929. The average molecular weight is 369 g/mol. The molecule has 4 aromatic rings. The minimum atomic E-state index is 1.21. The van der Waals surface area contributed by atoms with Gasteiger partial charge in [-0.3, -0.25) is 0 Å². The fraction of sp³-hybridized carbons (Fsp3) is 0.214. The Morgan fingerprint density at radius 2 is 1.11 bits per heavy atom. The molecular weight excluding hydrogens is 336 g/mol. The molecule has 0 aliphatic carbocycles. The van der Waals surface area contributed by atoms with Crippen LogP contribution in [0, 0.1) is 20.8 Å². The van der Waals surface area contributed by atoms with Crippen molar-refractivity contribution in [1.82, 2.24) is 0 Å². The van der Waals surface area contributed by atoms with Crippen LogP contribution in [-0.2, 0) is 6.42 Å². The van der Waals surface area contributed by atoms with Crippen molar-refractivity contribution in [3.05, 3.63) is 119 Å². The molecule has 0 saturated heterocycles. The van der Waals surface area contributed by atoms with Crippen LogP contribution in [0.3, 0.4) is 0 Å². The highest BCUT2D eigenvalue weighted by Crippen LogP contribution is 2.16. The minimum Gasteiger partial charge on any atom is -0.0651 e. The second kappa shape index (κ2) is 11.8. The molecule has 0 unspecified atom stereocenters. The maximum Gasteiger partial charge on any atom is -0.0155 e. The molecular formula is C28H32. The maximum atomic E-state index is 2.21. The first-order chi connectivity index (χ1) is 13.6. The molecule has 0 fully saturated rings. The van der Waals surface area contributed by atoms with Gasteiger partial charge in [-0.2, -0.15) is 0 Å². The second-order valence-electron chi connectivity index (χ2n) is 7.19. The number of rotatable bonds is 2. The smallest absolute Gasteiger partial charge is 0.0155 e. The van der Waals surface area contributed by atoms with Crippen LogP contribution in [0.2, 0.25) is 0 Å². The summed E-state index contributed by atoms with van der Waals surface area (Å²) in [4.78, 5) is 0. The minimum absolute atomic E-state index is 1.21. The van der Waals surface area contributed by atoms with Crippen molar-refractivity contribution in [2.24, 2.45) is 0 Å². The number of aryl methyl sites for hydroxylation is 4. The van der Waals surface area contributed by atoms with Gasteiger partial charge in [-0.15, -0.1) is 0 Å². The summed E-state index contributed by atoms with van der Waals surface area (Å²) in [5, 5.41) is 2.68. The molecule has 4 rings (SSSR count). The molecule has 0 spiro atoms. The highest BCUT2D eigenvalue weighted by Gasteiger charge is 1.92. The van der Waals surface area contributed by atoms with Crippen molar-refractivity contribution in [2.75, 3.05) is 0 Å². The van der Waals surface area contributed by atoms with Crippen LogP contribution in [0.4, 0.5) is 0 Å². The van der Waals surface area contributed by atoms with E-state index in [1.807, 2.05) is 18.2 Å². The summed E-state index contributed by atoms with van der Waals surface area (Å²) in [6, 6.07) is 33.8. The number of hydrogen-bond donors (Lipinski definition) is 0. The Kier molecular flexibility index (Phi) is 9.01. The van der Waals surface area contributed by atoms with Gasteiger partial charge < -0.3 is 0 Å². The summed E-state index contributed by atoms with van der Waals surface area (Å²) in [7, 11) is 0. The number of fused-ring (bicyclic) bond motifs is 1. The van der Waals surface area contributed by atoms with E-state index >= 15 is 0 Å². The van der Waals surface area contributed by atoms with Crippen LogP contribution >= 0.6 is 0 Å². The van der Waals surface area contributed by atoms with Gasteiger partial charge in [-0.25, -0.2) is 0 Å². The number of benzene rings is 4. The summed E-state index contributed by atoms with van der Waals surface area (Å²) in [5.41, 5.74) is 5.47. The molecule has 0 aliphatic rings. The quantitative estimate of drug-likeness (QED) is 0.335. The lowest BCUT2D eigenvalue weighted by Crippen LogP contribution is -1.81. The van der Waals surface area contributed by atoms with Crippen LogP contribution in [0.1, 0.15) is 35.6 Å². The Labute approximate surface area is 170 Å². The van der Waals surface area contributed by atoms with Crippen molar-refractivity contribution in [3.8, 4) is 0 Å². The van der Waals surface area contributed by atoms with E-state index in [-0.39, 0.29) is 0 Å². The van der Waals surface area contributed by atoms with Crippen LogP contribution in [-0.4, -0.2) is 0 Å². The zero-order chi connectivity index (χ0) is 20.2. The van der Waals surface area contributed by atoms with Crippen molar-refractivity contribution >= 4 is 10.8 Å². The molecule has 0 N–H and O–H groups in total. The third-order valence-corrected chi connectivity index (χ3v) is 4.61. The number of hydrogen-bond acceptors (Lipinski definition) is 0. The Hall–Kier alpha value is -2.86. The summed E-state index contributed by atoms with van der Waals surface area (Å²) < 4.78 is 0. The van der Waals surface area contributed by atoms with Crippen LogP contribution in [0.5, 0.6) is 0 Å². The Morgan fingerprint density at radius 3 is 1.68 bits per heavy atom. The predicted molar refractivity (Wildman–Crippen MR) is 125 cm³/mol. The fourth-order valence-corrected chi connectivity index (χ4v) is 2.97. The van der Waals surface area contributed by atoms with Gasteiger partial charge >= 0.3 is 0 Å². The van der Waals surface area contributed by atoms with Crippen LogP contribution in [0.25, 0.3) is 10.8 Å². The van der Waals surface area contributed by atoms with E-state index in [4.69, 9.17) is 0 Å². The van der Waals surface area contributed by atoms with Gasteiger partial charge in [0, 0.05) is 0 Å². The molecule has 0 nitrogen and oxygen atoms in total. The molecule has 4 aromatic carbocycles. The average Bonchev–Trinajstić information content (AvgIpc) is 2.72. The van der Waals surface area contributed by atoms with Crippen molar-refractivity contribution in [1.29, 1.82) is 0 Å². The van der Waals surface area contributed by atoms with E-state index < -0.39 is 0 Å². The van der Waals surface area contributed by atoms with Gasteiger partial charge in [-0.1, -0.05) is 122 Å². The topological polar surface area (TPSA) is 0 Å². The molecule has 0 amide bonds. The van der Waals surface area contributed by atoms with Crippen molar-refractivity contribution in [2.45, 2.75) is 40.5 Å². The third-order valence-electron chi connectivity index (χ3n) is 4.61. The van der Waals surface area contributed by atoms with Crippen LogP contribution < -0.4 is 0 Å². The van der Waals surface area contributed by atoms with Gasteiger partial charge in [0.1, 0.15) is 0 Å². The second-order valence-corrected chi connectivity index (χ2v) is 7.19.